The predicted octanol–water partition coefficient (Wildman–Crippen LogP) is 4.63. The second-order valence-electron chi connectivity index (χ2n) is 11.9. The topological polar surface area (TPSA) is 114 Å². The number of nitrogens with zero attached hydrogens (tertiary/aromatic N) is 2. The summed E-state index contributed by atoms with van der Waals surface area (Å²) in [5.41, 5.74) is -0.393. The van der Waals surface area contributed by atoms with Gasteiger partial charge in [0.05, 0.1) is 11.9 Å². The highest BCUT2D eigenvalue weighted by Gasteiger charge is 2.68. The molecular weight excluding hydrogens is 488 g/mol. The maximum atomic E-state index is 13.6. The Morgan fingerprint density at radius 2 is 1.92 bits per heavy atom. The molecule has 4 aliphatic rings. The fraction of sp³-hybridized carbons (Fsp3) is 0.586. The van der Waals surface area contributed by atoms with Crippen LogP contribution in [0.2, 0.25) is 0 Å². The number of carbonyl (C=O) groups excluding carboxylic acids is 2. The molecule has 6 rings (SSSR count). The number of Topliss-reactive ketones (excluding diaryl/α,β-unsaturated/α-hetero) is 1. The SMILES string of the molecule is C[C@]12CCC(=O)C=C1CC[C@@H]1[C@@H]2[C@@H](O)C[C@@]2(C)[C@H]1CC[C@]2(O)C(=O)CSc1nnc(-c2ccccc2)o1. The molecule has 196 valence electrons. The number of rotatable bonds is 5. The van der Waals surface area contributed by atoms with E-state index in [9.17, 15) is 19.8 Å². The van der Waals surface area contributed by atoms with Crippen molar-refractivity contribution < 1.29 is 24.2 Å². The summed E-state index contributed by atoms with van der Waals surface area (Å²) < 4.78 is 5.74. The molecule has 3 saturated carbocycles. The maximum absolute atomic E-state index is 13.6. The number of allylic oxidation sites excluding steroid dienone is 1. The first-order valence-corrected chi connectivity index (χ1v) is 14.3. The highest BCUT2D eigenvalue weighted by molar-refractivity contribution is 7.99. The van der Waals surface area contributed by atoms with Crippen LogP contribution in [0.1, 0.15) is 58.8 Å². The van der Waals surface area contributed by atoms with Crippen molar-refractivity contribution in [1.82, 2.24) is 10.2 Å². The van der Waals surface area contributed by atoms with Gasteiger partial charge in [0.25, 0.3) is 5.22 Å². The molecule has 0 radical (unpaired) electrons. The van der Waals surface area contributed by atoms with Crippen LogP contribution in [0.3, 0.4) is 0 Å². The van der Waals surface area contributed by atoms with Gasteiger partial charge in [0, 0.05) is 17.4 Å². The van der Waals surface area contributed by atoms with Crippen molar-refractivity contribution in [2.75, 3.05) is 5.75 Å². The molecule has 2 aromatic rings. The lowest BCUT2D eigenvalue weighted by atomic mass is 9.45. The lowest BCUT2D eigenvalue weighted by molar-refractivity contribution is -0.178. The zero-order valence-corrected chi connectivity index (χ0v) is 22.2. The van der Waals surface area contributed by atoms with E-state index >= 15 is 0 Å². The largest absolute Gasteiger partial charge is 0.411 e. The van der Waals surface area contributed by atoms with E-state index in [1.807, 2.05) is 43.3 Å². The minimum atomic E-state index is -1.50. The molecule has 1 aromatic carbocycles. The maximum Gasteiger partial charge on any atom is 0.277 e. The minimum Gasteiger partial charge on any atom is -0.411 e. The number of hydrogen-bond acceptors (Lipinski definition) is 8. The van der Waals surface area contributed by atoms with Crippen LogP contribution >= 0.6 is 11.8 Å². The Kier molecular flexibility index (Phi) is 6.01. The number of hydrogen-bond donors (Lipinski definition) is 2. The summed E-state index contributed by atoms with van der Waals surface area (Å²) in [6, 6.07) is 9.46. The van der Waals surface area contributed by atoms with E-state index in [1.165, 1.54) is 5.57 Å². The number of benzene rings is 1. The molecule has 7 nitrogen and oxygen atoms in total. The van der Waals surface area contributed by atoms with Crippen molar-refractivity contribution in [3.63, 3.8) is 0 Å². The molecule has 2 N–H and O–H groups in total. The normalized spacial score (nSPS) is 38.9. The van der Waals surface area contributed by atoms with E-state index in [2.05, 4.69) is 17.1 Å². The van der Waals surface area contributed by atoms with Gasteiger partial charge in [0.15, 0.2) is 11.6 Å². The summed E-state index contributed by atoms with van der Waals surface area (Å²) in [7, 11) is 0. The lowest BCUT2D eigenvalue weighted by Crippen LogP contribution is -2.61. The molecule has 1 aromatic heterocycles. The lowest BCUT2D eigenvalue weighted by Gasteiger charge is -2.60. The molecule has 0 unspecified atom stereocenters. The average Bonchev–Trinajstić information content (AvgIpc) is 3.46. The third-order valence-electron chi connectivity index (χ3n) is 10.3. The second-order valence-corrected chi connectivity index (χ2v) is 12.9. The third kappa shape index (κ3) is 3.78. The van der Waals surface area contributed by atoms with Gasteiger partial charge >= 0.3 is 0 Å². The van der Waals surface area contributed by atoms with Crippen LogP contribution < -0.4 is 0 Å². The molecule has 0 spiro atoms. The molecule has 3 fully saturated rings. The van der Waals surface area contributed by atoms with Gasteiger partial charge in [-0.15, -0.1) is 10.2 Å². The summed E-state index contributed by atoms with van der Waals surface area (Å²) in [4.78, 5) is 25.7. The van der Waals surface area contributed by atoms with Gasteiger partial charge < -0.3 is 14.6 Å². The Bertz CT molecular complexity index is 1260. The smallest absolute Gasteiger partial charge is 0.277 e. The van der Waals surface area contributed by atoms with Crippen molar-refractivity contribution in [3.8, 4) is 11.5 Å². The van der Waals surface area contributed by atoms with Gasteiger partial charge in [-0.05, 0) is 79.9 Å². The van der Waals surface area contributed by atoms with Crippen LogP contribution in [0.25, 0.3) is 11.5 Å². The summed E-state index contributed by atoms with van der Waals surface area (Å²) in [5, 5.41) is 31.9. The van der Waals surface area contributed by atoms with E-state index in [1.54, 1.807) is 0 Å². The Hall–Kier alpha value is -2.29. The Morgan fingerprint density at radius 3 is 2.70 bits per heavy atom. The molecule has 0 bridgehead atoms. The summed E-state index contributed by atoms with van der Waals surface area (Å²) in [6.07, 6.45) is 5.81. The van der Waals surface area contributed by atoms with Crippen molar-refractivity contribution in [2.45, 2.75) is 75.7 Å². The monoisotopic (exact) mass is 522 g/mol. The predicted molar refractivity (Wildman–Crippen MR) is 139 cm³/mol. The molecule has 8 heteroatoms. The van der Waals surface area contributed by atoms with Crippen molar-refractivity contribution >= 4 is 23.3 Å². The number of thioether (sulfide) groups is 1. The first-order valence-electron chi connectivity index (χ1n) is 13.3. The summed E-state index contributed by atoms with van der Waals surface area (Å²) >= 11 is 1.15. The minimum absolute atomic E-state index is 0.0339. The van der Waals surface area contributed by atoms with Crippen LogP contribution in [0, 0.1) is 28.6 Å². The Morgan fingerprint density at radius 1 is 1.14 bits per heavy atom. The van der Waals surface area contributed by atoms with E-state index < -0.39 is 17.1 Å². The fourth-order valence-corrected chi connectivity index (χ4v) is 9.09. The average molecular weight is 523 g/mol. The van der Waals surface area contributed by atoms with Crippen molar-refractivity contribution in [1.29, 1.82) is 0 Å². The molecule has 0 amide bonds. The highest BCUT2D eigenvalue weighted by Crippen LogP contribution is 2.67. The van der Waals surface area contributed by atoms with Gasteiger partial charge in [-0.3, -0.25) is 9.59 Å². The van der Waals surface area contributed by atoms with E-state index in [0.717, 1.165) is 43.0 Å². The highest BCUT2D eigenvalue weighted by atomic mass is 32.2. The van der Waals surface area contributed by atoms with Crippen molar-refractivity contribution in [2.24, 2.45) is 28.6 Å². The number of aliphatic hydroxyl groups is 2. The number of aliphatic hydroxyl groups excluding tert-OH is 1. The standard InChI is InChI=1S/C29H34N2O5S/c1-27-12-10-19(32)14-18(27)8-9-20-21-11-13-29(35,28(21,2)15-22(33)24(20)27)23(34)16-37-26-31-30-25(36-26)17-6-4-3-5-7-17/h3-7,14,20-22,24,33,35H,8-13,15-16H2,1-2H3/t20-,21-,22-,24+,27-,28-,29-/m0/s1. The Balaban J connectivity index is 1.20. The summed E-state index contributed by atoms with van der Waals surface area (Å²) in [6.45, 7) is 4.22. The number of fused-ring (bicyclic) bond motifs is 5. The molecule has 4 aliphatic carbocycles. The second kappa shape index (κ2) is 8.89. The van der Waals surface area contributed by atoms with E-state index in [4.69, 9.17) is 4.42 Å². The molecule has 1 heterocycles. The third-order valence-corrected chi connectivity index (χ3v) is 11.1. The number of aromatic nitrogens is 2. The van der Waals surface area contributed by atoms with Crippen LogP contribution in [0.5, 0.6) is 0 Å². The van der Waals surface area contributed by atoms with E-state index in [0.29, 0.717) is 30.4 Å². The summed E-state index contributed by atoms with van der Waals surface area (Å²) in [5.74, 6) is 0.820. The van der Waals surface area contributed by atoms with Crippen LogP contribution in [0.4, 0.5) is 0 Å². The van der Waals surface area contributed by atoms with Crippen LogP contribution in [-0.2, 0) is 9.59 Å². The first kappa shape index (κ1) is 25.0. The molecule has 0 aliphatic heterocycles. The molecule has 7 atom stereocenters. The fourth-order valence-electron chi connectivity index (χ4n) is 8.36. The zero-order valence-electron chi connectivity index (χ0n) is 21.4. The number of ketones is 2. The molecular formula is C29H34N2O5S. The van der Waals surface area contributed by atoms with Crippen LogP contribution in [-0.4, -0.2) is 49.4 Å². The van der Waals surface area contributed by atoms with Gasteiger partial charge in [-0.25, -0.2) is 0 Å². The van der Waals surface area contributed by atoms with E-state index in [-0.39, 0.29) is 40.5 Å². The van der Waals surface area contributed by atoms with Gasteiger partial charge in [-0.2, -0.15) is 0 Å². The van der Waals surface area contributed by atoms with Gasteiger partial charge in [0.1, 0.15) is 5.60 Å². The number of carbonyl (C=O) groups is 2. The van der Waals surface area contributed by atoms with Gasteiger partial charge in [0.2, 0.25) is 5.89 Å². The molecule has 37 heavy (non-hydrogen) atoms. The van der Waals surface area contributed by atoms with Crippen LogP contribution in [0.15, 0.2) is 51.6 Å². The van der Waals surface area contributed by atoms with Crippen molar-refractivity contribution in [3.05, 3.63) is 42.0 Å². The van der Waals surface area contributed by atoms with Gasteiger partial charge in [-0.1, -0.05) is 49.4 Å². The quantitative estimate of drug-likeness (QED) is 0.547. The Labute approximate surface area is 221 Å². The molecule has 0 saturated heterocycles. The first-order chi connectivity index (χ1) is 17.7. The zero-order chi connectivity index (χ0) is 26.0.